The molecule has 1 amide bonds. The van der Waals surface area contributed by atoms with Gasteiger partial charge in [-0.05, 0) is 24.8 Å². The van der Waals surface area contributed by atoms with Gasteiger partial charge in [0.2, 0.25) is 5.91 Å². The monoisotopic (exact) mass is 263 g/mol. The minimum atomic E-state index is -0.790. The fourth-order valence-electron chi connectivity index (χ4n) is 1.99. The fraction of sp³-hybridized carbons (Fsp3) is 0.467. The highest BCUT2D eigenvalue weighted by molar-refractivity contribution is 5.83. The highest BCUT2D eigenvalue weighted by Crippen LogP contribution is 2.19. The van der Waals surface area contributed by atoms with E-state index < -0.39 is 5.97 Å². The van der Waals surface area contributed by atoms with Gasteiger partial charge in [0.25, 0.3) is 0 Å². The van der Waals surface area contributed by atoms with Crippen LogP contribution in [0.2, 0.25) is 0 Å². The molecule has 4 nitrogen and oxygen atoms in total. The molecule has 0 aliphatic heterocycles. The molecule has 0 aliphatic rings. The van der Waals surface area contributed by atoms with Crippen LogP contribution in [-0.4, -0.2) is 23.5 Å². The lowest BCUT2D eigenvalue weighted by atomic mass is 9.95. The number of carbonyl (C=O) groups is 2. The zero-order valence-corrected chi connectivity index (χ0v) is 11.3. The number of carbonyl (C=O) groups excluding carboxylic acids is 1. The first-order chi connectivity index (χ1) is 9.15. The van der Waals surface area contributed by atoms with Crippen molar-refractivity contribution in [3.8, 4) is 0 Å². The molecule has 2 N–H and O–H groups in total. The number of aliphatic carboxylic acids is 1. The van der Waals surface area contributed by atoms with Crippen molar-refractivity contribution >= 4 is 11.9 Å². The minimum Gasteiger partial charge on any atom is -0.481 e. The summed E-state index contributed by atoms with van der Waals surface area (Å²) in [6, 6.07) is 9.70. The predicted octanol–water partition coefficient (Wildman–Crippen LogP) is 2.55. The largest absolute Gasteiger partial charge is 0.481 e. The quantitative estimate of drug-likeness (QED) is 0.708. The molecular weight excluding hydrogens is 242 g/mol. The molecule has 0 saturated heterocycles. The number of unbranched alkanes of at least 4 members (excludes halogenated alkanes) is 1. The Morgan fingerprint density at radius 3 is 2.47 bits per heavy atom. The highest BCUT2D eigenvalue weighted by Gasteiger charge is 2.17. The summed E-state index contributed by atoms with van der Waals surface area (Å²) in [5, 5.41) is 11.4. The van der Waals surface area contributed by atoms with Crippen LogP contribution in [0.15, 0.2) is 30.3 Å². The number of carboxylic acids is 1. The first kappa shape index (κ1) is 15.2. The number of hydrogen-bond acceptors (Lipinski definition) is 2. The molecule has 1 aromatic carbocycles. The first-order valence-corrected chi connectivity index (χ1v) is 6.69. The summed E-state index contributed by atoms with van der Waals surface area (Å²) in [6.07, 6.45) is 2.21. The summed E-state index contributed by atoms with van der Waals surface area (Å²) >= 11 is 0. The summed E-state index contributed by atoms with van der Waals surface area (Å²) in [5.74, 6) is -0.897. The van der Waals surface area contributed by atoms with E-state index >= 15 is 0 Å². The Balaban J connectivity index is 2.37. The van der Waals surface area contributed by atoms with Crippen molar-refractivity contribution in [3.63, 3.8) is 0 Å². The maximum atomic E-state index is 12.0. The van der Waals surface area contributed by atoms with Gasteiger partial charge >= 0.3 is 5.97 Å². The highest BCUT2D eigenvalue weighted by atomic mass is 16.4. The summed E-state index contributed by atoms with van der Waals surface area (Å²) in [4.78, 5) is 22.4. The van der Waals surface area contributed by atoms with E-state index in [-0.39, 0.29) is 18.2 Å². The van der Waals surface area contributed by atoms with Crippen molar-refractivity contribution < 1.29 is 14.7 Å². The van der Waals surface area contributed by atoms with Gasteiger partial charge in [0, 0.05) is 13.0 Å². The van der Waals surface area contributed by atoms with Crippen LogP contribution < -0.4 is 5.32 Å². The van der Waals surface area contributed by atoms with E-state index in [1.54, 1.807) is 0 Å². The van der Waals surface area contributed by atoms with Gasteiger partial charge in [0.1, 0.15) is 0 Å². The summed E-state index contributed by atoms with van der Waals surface area (Å²) in [6.45, 7) is 2.52. The van der Waals surface area contributed by atoms with Crippen LogP contribution in [0.25, 0.3) is 0 Å². The zero-order valence-electron chi connectivity index (χ0n) is 11.3. The van der Waals surface area contributed by atoms with E-state index in [1.807, 2.05) is 37.3 Å². The van der Waals surface area contributed by atoms with Crippen molar-refractivity contribution in [1.29, 1.82) is 0 Å². The van der Waals surface area contributed by atoms with Gasteiger partial charge in [0.15, 0.2) is 0 Å². The van der Waals surface area contributed by atoms with Crippen LogP contribution in [0, 0.1) is 0 Å². The average Bonchev–Trinajstić information content (AvgIpc) is 2.40. The second kappa shape index (κ2) is 8.29. The van der Waals surface area contributed by atoms with Crippen LogP contribution >= 0.6 is 0 Å². The van der Waals surface area contributed by atoms with Crippen molar-refractivity contribution in [1.82, 2.24) is 5.32 Å². The Kier molecular flexibility index (Phi) is 6.64. The van der Waals surface area contributed by atoms with E-state index in [1.165, 1.54) is 0 Å². The normalized spacial score (nSPS) is 11.8. The molecule has 1 rings (SSSR count). The van der Waals surface area contributed by atoms with Gasteiger partial charge in [-0.15, -0.1) is 0 Å². The first-order valence-electron chi connectivity index (χ1n) is 6.69. The van der Waals surface area contributed by atoms with Crippen molar-refractivity contribution in [2.75, 3.05) is 6.54 Å². The van der Waals surface area contributed by atoms with Crippen molar-refractivity contribution in [2.24, 2.45) is 0 Å². The molecule has 0 aliphatic carbocycles. The number of carboxylic acid groups (broad SMARTS) is 1. The zero-order chi connectivity index (χ0) is 14.1. The molecule has 1 aromatic rings. The van der Waals surface area contributed by atoms with E-state index in [2.05, 4.69) is 5.32 Å². The van der Waals surface area contributed by atoms with Crippen molar-refractivity contribution in [2.45, 2.75) is 38.5 Å². The number of amides is 1. The van der Waals surface area contributed by atoms with E-state index in [0.29, 0.717) is 19.4 Å². The molecule has 0 heterocycles. The molecule has 4 heteroatoms. The Morgan fingerprint density at radius 2 is 1.89 bits per heavy atom. The van der Waals surface area contributed by atoms with Gasteiger partial charge in [-0.1, -0.05) is 37.3 Å². The van der Waals surface area contributed by atoms with Crippen LogP contribution in [-0.2, 0) is 9.59 Å². The molecule has 0 radical (unpaired) electrons. The van der Waals surface area contributed by atoms with E-state index in [9.17, 15) is 9.59 Å². The Morgan fingerprint density at radius 1 is 1.21 bits per heavy atom. The molecule has 0 bridgehead atoms. The van der Waals surface area contributed by atoms with Crippen LogP contribution in [0.3, 0.4) is 0 Å². The van der Waals surface area contributed by atoms with Gasteiger partial charge in [-0.25, -0.2) is 0 Å². The van der Waals surface area contributed by atoms with Gasteiger partial charge in [0.05, 0.1) is 5.92 Å². The fourth-order valence-corrected chi connectivity index (χ4v) is 1.99. The second-order valence-corrected chi connectivity index (χ2v) is 4.51. The SMILES string of the molecule is CCC(C(=O)NCCCCC(=O)O)c1ccccc1. The Hall–Kier alpha value is -1.84. The number of hydrogen-bond donors (Lipinski definition) is 2. The molecule has 104 valence electrons. The summed E-state index contributed by atoms with van der Waals surface area (Å²) in [7, 11) is 0. The maximum Gasteiger partial charge on any atom is 0.303 e. The van der Waals surface area contributed by atoms with Crippen LogP contribution in [0.4, 0.5) is 0 Å². The Bertz CT molecular complexity index is 403. The second-order valence-electron chi connectivity index (χ2n) is 4.51. The van der Waals surface area contributed by atoms with Gasteiger partial charge in [-0.2, -0.15) is 0 Å². The standard InChI is InChI=1S/C15H21NO3/c1-2-13(12-8-4-3-5-9-12)15(19)16-11-7-6-10-14(17)18/h3-5,8-9,13H,2,6-7,10-11H2,1H3,(H,16,19)(H,17,18). The Labute approximate surface area is 113 Å². The third-order valence-electron chi connectivity index (χ3n) is 3.04. The van der Waals surface area contributed by atoms with Crippen LogP contribution in [0.1, 0.15) is 44.1 Å². The lowest BCUT2D eigenvalue weighted by molar-refractivity contribution is -0.137. The van der Waals surface area contributed by atoms with E-state index in [0.717, 1.165) is 12.0 Å². The number of benzene rings is 1. The third-order valence-corrected chi connectivity index (χ3v) is 3.04. The molecular formula is C15H21NO3. The van der Waals surface area contributed by atoms with E-state index in [4.69, 9.17) is 5.11 Å². The minimum absolute atomic E-state index is 0.0176. The molecule has 0 aromatic heterocycles. The smallest absolute Gasteiger partial charge is 0.303 e. The molecule has 1 unspecified atom stereocenters. The van der Waals surface area contributed by atoms with Crippen molar-refractivity contribution in [3.05, 3.63) is 35.9 Å². The average molecular weight is 263 g/mol. The number of nitrogens with one attached hydrogen (secondary N) is 1. The third kappa shape index (κ3) is 5.55. The topological polar surface area (TPSA) is 66.4 Å². The lowest BCUT2D eigenvalue weighted by Crippen LogP contribution is -2.30. The van der Waals surface area contributed by atoms with Gasteiger partial charge < -0.3 is 10.4 Å². The van der Waals surface area contributed by atoms with Gasteiger partial charge in [-0.3, -0.25) is 9.59 Å². The molecule has 0 spiro atoms. The van der Waals surface area contributed by atoms with Crippen LogP contribution in [0.5, 0.6) is 0 Å². The lowest BCUT2D eigenvalue weighted by Gasteiger charge is -2.15. The summed E-state index contributed by atoms with van der Waals surface area (Å²) in [5.41, 5.74) is 1.02. The number of rotatable bonds is 8. The predicted molar refractivity (Wildman–Crippen MR) is 74.0 cm³/mol. The summed E-state index contributed by atoms with van der Waals surface area (Å²) < 4.78 is 0. The molecule has 1 atom stereocenters. The molecule has 0 fully saturated rings. The maximum absolute atomic E-state index is 12.0. The molecule has 0 saturated carbocycles. The molecule has 19 heavy (non-hydrogen) atoms.